The van der Waals surface area contributed by atoms with Gasteiger partial charge in [-0.3, -0.25) is 0 Å². The molecular weight excluding hydrogens is 945 g/mol. The summed E-state index contributed by atoms with van der Waals surface area (Å²) in [5, 5.41) is 8.86. The second kappa shape index (κ2) is 24.1. The van der Waals surface area contributed by atoms with Gasteiger partial charge in [-0.25, -0.2) is 0 Å². The fourth-order valence-electron chi connectivity index (χ4n) is 10.8. The van der Waals surface area contributed by atoms with Crippen LogP contribution in [0.25, 0.3) is 43.1 Å². The van der Waals surface area contributed by atoms with Gasteiger partial charge in [-0.1, -0.05) is 170 Å². The number of hydrogen-bond acceptors (Lipinski definition) is 8. The molecule has 0 saturated heterocycles. The minimum atomic E-state index is 0.331. The van der Waals surface area contributed by atoms with Gasteiger partial charge in [0.25, 0.3) is 0 Å². The van der Waals surface area contributed by atoms with Crippen molar-refractivity contribution in [2.75, 3.05) is 66.1 Å². The monoisotopic (exact) mass is 1010 g/mol. The summed E-state index contributed by atoms with van der Waals surface area (Å²) in [5.74, 6) is 5.08. The molecule has 8 bridgehead atoms. The van der Waals surface area contributed by atoms with Gasteiger partial charge >= 0.3 is 0 Å². The minimum Gasteiger partial charge on any atom is -0.491 e. The second-order valence-corrected chi connectivity index (χ2v) is 19.1. The zero-order valence-electron chi connectivity index (χ0n) is 43.5. The molecule has 0 unspecified atom stereocenters. The molecule has 0 saturated carbocycles. The number of hydrogen-bond donors (Lipinski definition) is 0. The highest BCUT2D eigenvalue weighted by atomic mass is 16.5. The third-order valence-corrected chi connectivity index (χ3v) is 14.2. The Morgan fingerprint density at radius 2 is 0.474 bits per heavy atom. The van der Waals surface area contributed by atoms with Crippen LogP contribution in [0.3, 0.4) is 0 Å². The summed E-state index contributed by atoms with van der Waals surface area (Å²) in [4.78, 5) is 0. The first kappa shape index (κ1) is 50.1. The summed E-state index contributed by atoms with van der Waals surface area (Å²) < 4.78 is 52.7. The van der Waals surface area contributed by atoms with Gasteiger partial charge in [0.1, 0.15) is 74.1 Å². The molecule has 76 heavy (non-hydrogen) atoms. The summed E-state index contributed by atoms with van der Waals surface area (Å²) in [6, 6.07) is 64.0. The average Bonchev–Trinajstić information content (AvgIpc) is 3.47. The second-order valence-electron chi connectivity index (χ2n) is 19.1. The van der Waals surface area contributed by atoms with Crippen LogP contribution < -0.4 is 28.4 Å². The van der Waals surface area contributed by atoms with Crippen LogP contribution in [-0.4, -0.2) is 66.1 Å². The largest absolute Gasteiger partial charge is 0.491 e. The van der Waals surface area contributed by atoms with E-state index in [1.54, 1.807) is 0 Å². The van der Waals surface area contributed by atoms with E-state index in [1.807, 2.05) is 13.8 Å². The van der Waals surface area contributed by atoms with Crippen LogP contribution in [0.15, 0.2) is 182 Å². The van der Waals surface area contributed by atoms with Crippen LogP contribution in [0.5, 0.6) is 34.5 Å². The molecule has 0 amide bonds. The van der Waals surface area contributed by atoms with Crippen LogP contribution in [0.1, 0.15) is 58.4 Å². The number of para-hydroxylation sites is 4. The smallest absolute Gasteiger partial charge is 0.135 e. The number of rotatable bonds is 20. The highest BCUT2D eigenvalue weighted by Crippen LogP contribution is 2.41. The molecule has 8 heteroatoms. The summed E-state index contributed by atoms with van der Waals surface area (Å²) in [5.41, 5.74) is 8.41. The molecule has 11 rings (SSSR count). The molecule has 0 atom stereocenters. The van der Waals surface area contributed by atoms with Gasteiger partial charge in [-0.2, -0.15) is 0 Å². The molecule has 0 heterocycles. The zero-order valence-corrected chi connectivity index (χ0v) is 43.5. The summed E-state index contributed by atoms with van der Waals surface area (Å²) in [7, 11) is 0. The normalized spacial score (nSPS) is 12.2. The molecule has 0 fully saturated rings. The van der Waals surface area contributed by atoms with Gasteiger partial charge < -0.3 is 37.9 Å². The maximum Gasteiger partial charge on any atom is 0.135 e. The van der Waals surface area contributed by atoms with E-state index in [4.69, 9.17) is 37.9 Å². The number of benzene rings is 10. The first-order chi connectivity index (χ1) is 37.6. The molecule has 1 aliphatic rings. The lowest BCUT2D eigenvalue weighted by Crippen LogP contribution is -2.14. The summed E-state index contributed by atoms with van der Waals surface area (Å²) in [6.07, 6.45) is 2.27. The van der Waals surface area contributed by atoms with Crippen LogP contribution in [0.4, 0.5) is 0 Å². The molecule has 0 aliphatic heterocycles. The van der Waals surface area contributed by atoms with Gasteiger partial charge in [0.2, 0.25) is 0 Å². The van der Waals surface area contributed by atoms with E-state index in [1.165, 1.54) is 0 Å². The highest BCUT2D eigenvalue weighted by Gasteiger charge is 2.23. The van der Waals surface area contributed by atoms with Crippen LogP contribution in [0.2, 0.25) is 0 Å². The molecule has 0 aromatic heterocycles. The van der Waals surface area contributed by atoms with E-state index < -0.39 is 0 Å². The fraction of sp³-hybridized carbons (Fsp3) is 0.235. The van der Waals surface area contributed by atoms with Crippen LogP contribution >= 0.6 is 0 Å². The van der Waals surface area contributed by atoms with Crippen molar-refractivity contribution in [2.45, 2.75) is 39.5 Å². The lowest BCUT2D eigenvalue weighted by Gasteiger charge is -2.23. The first-order valence-corrected chi connectivity index (χ1v) is 26.8. The average molecular weight is 1010 g/mol. The third-order valence-electron chi connectivity index (χ3n) is 14.2. The van der Waals surface area contributed by atoms with E-state index in [0.29, 0.717) is 91.8 Å². The highest BCUT2D eigenvalue weighted by molar-refractivity contribution is 6.06. The van der Waals surface area contributed by atoms with Crippen molar-refractivity contribution >= 4 is 43.1 Å². The van der Waals surface area contributed by atoms with Crippen molar-refractivity contribution in [3.63, 3.8) is 0 Å². The van der Waals surface area contributed by atoms with E-state index in [9.17, 15) is 0 Å². The van der Waals surface area contributed by atoms with Crippen molar-refractivity contribution in [3.8, 4) is 34.5 Å². The lowest BCUT2D eigenvalue weighted by atomic mass is 9.91. The van der Waals surface area contributed by atoms with Crippen LogP contribution in [-0.2, 0) is 35.2 Å². The maximum absolute atomic E-state index is 7.00. The van der Waals surface area contributed by atoms with E-state index >= 15 is 0 Å². The van der Waals surface area contributed by atoms with Crippen molar-refractivity contribution in [1.29, 1.82) is 0 Å². The Morgan fingerprint density at radius 3 is 0.724 bits per heavy atom. The van der Waals surface area contributed by atoms with Crippen LogP contribution in [0, 0.1) is 0 Å². The number of ether oxygens (including phenoxy) is 8. The fourth-order valence-corrected chi connectivity index (χ4v) is 10.8. The molecule has 10 aromatic rings. The summed E-state index contributed by atoms with van der Waals surface area (Å²) >= 11 is 0. The van der Waals surface area contributed by atoms with Gasteiger partial charge in [0.05, 0.1) is 13.2 Å². The predicted molar refractivity (Wildman–Crippen MR) is 306 cm³/mol. The molecule has 384 valence electrons. The molecule has 0 radical (unpaired) electrons. The van der Waals surface area contributed by atoms with Crippen molar-refractivity contribution in [2.24, 2.45) is 0 Å². The SMILES string of the molecule is CCOCCOc1c2cccc1Cc1cccc(c1OCCOc1c3ccccc3cc3ccccc13)Cc1cccc(c1OCCOCC)Cc1cccc(c1OCCOc1c3ccccc3cc3ccccc13)C2. The third kappa shape index (κ3) is 11.2. The summed E-state index contributed by atoms with van der Waals surface area (Å²) in [6.45, 7) is 8.37. The van der Waals surface area contributed by atoms with Gasteiger partial charge in [0.15, 0.2) is 0 Å². The zero-order chi connectivity index (χ0) is 51.5. The quantitative estimate of drug-likeness (QED) is 0.0552. The predicted octanol–water partition coefficient (Wildman–Crippen LogP) is 14.7. The van der Waals surface area contributed by atoms with E-state index in [0.717, 1.165) is 122 Å². The van der Waals surface area contributed by atoms with Crippen molar-refractivity contribution in [3.05, 3.63) is 226 Å². The standard InChI is InChI=1S/C68H64O8/c1-3-69-33-35-71-63-51-21-13-22-52(63)44-56-26-16-28-58(66(56)74-38-40-76-68-61-31-11-7-19-49(61)42-50-20-8-12-32-62(50)68)46-54-24-14-23-53(64(54)72-36-34-70-4-2)45-57-27-15-25-55(43-51)65(57)73-37-39-75-67-59-29-9-5-17-47(59)41-48-18-6-10-30-60(48)67/h5-32,41-42H,3-4,33-40,43-46H2,1-2H3. The first-order valence-electron chi connectivity index (χ1n) is 26.8. The topological polar surface area (TPSA) is 73.8 Å². The Labute approximate surface area is 445 Å². The Kier molecular flexibility index (Phi) is 15.9. The Hall–Kier alpha value is -8.04. The molecule has 0 N–H and O–H groups in total. The van der Waals surface area contributed by atoms with Gasteiger partial charge in [-0.05, 0) is 92.0 Å². The van der Waals surface area contributed by atoms with Crippen molar-refractivity contribution < 1.29 is 37.9 Å². The van der Waals surface area contributed by atoms with E-state index in [2.05, 4.69) is 182 Å². The number of fused-ring (bicyclic) bond motifs is 12. The Morgan fingerprint density at radius 1 is 0.250 bits per heavy atom. The van der Waals surface area contributed by atoms with E-state index in [-0.39, 0.29) is 0 Å². The molecule has 10 aromatic carbocycles. The molecule has 8 nitrogen and oxygen atoms in total. The lowest BCUT2D eigenvalue weighted by molar-refractivity contribution is 0.109. The Bertz CT molecular complexity index is 3190. The van der Waals surface area contributed by atoms with Crippen molar-refractivity contribution in [1.82, 2.24) is 0 Å². The minimum absolute atomic E-state index is 0.331. The Balaban J connectivity index is 0.957. The molecular formula is C68H64O8. The van der Waals surface area contributed by atoms with Gasteiger partial charge in [0, 0.05) is 60.4 Å². The molecule has 0 spiro atoms. The van der Waals surface area contributed by atoms with Gasteiger partial charge in [-0.15, -0.1) is 0 Å². The maximum atomic E-state index is 7.00. The molecule has 1 aliphatic carbocycles.